The molecule has 1 radical (unpaired) electrons. The maximum Gasteiger partial charge on any atom is 0.00569 e. The van der Waals surface area contributed by atoms with Crippen LogP contribution in [0, 0.1) is 6.42 Å². The van der Waals surface area contributed by atoms with Crippen LogP contribution in [-0.4, -0.2) is 0 Å². The lowest BCUT2D eigenvalue weighted by Gasteiger charge is -1.88. The van der Waals surface area contributed by atoms with Crippen molar-refractivity contribution in [3.63, 3.8) is 0 Å². The molecule has 0 N–H and O–H groups in total. The van der Waals surface area contributed by atoms with E-state index in [1.807, 2.05) is 37.6 Å². The number of benzene rings is 1. The van der Waals surface area contributed by atoms with Gasteiger partial charge in [0.25, 0.3) is 0 Å². The maximum atomic E-state index is 3.61. The minimum absolute atomic E-state index is 1.24. The van der Waals surface area contributed by atoms with Crippen LogP contribution in [0.3, 0.4) is 0 Å². The molecule has 71 valence electrons. The molecule has 0 heteroatoms. The fraction of sp³-hybridized carbons (Fsp3) is 0.0714. The van der Waals surface area contributed by atoms with Gasteiger partial charge in [0.2, 0.25) is 0 Å². The van der Waals surface area contributed by atoms with Gasteiger partial charge in [0.1, 0.15) is 0 Å². The number of hydrogen-bond donors (Lipinski definition) is 0. The first kappa shape index (κ1) is 10.5. The lowest BCUT2D eigenvalue weighted by molar-refractivity contribution is 1.50. The second-order valence-corrected chi connectivity index (χ2v) is 2.90. The summed E-state index contributed by atoms with van der Waals surface area (Å²) in [6.45, 7) is 5.66. The molecule has 14 heavy (non-hydrogen) atoms. The maximum absolute atomic E-state index is 3.61. The van der Waals surface area contributed by atoms with Crippen molar-refractivity contribution in [2.24, 2.45) is 0 Å². The summed E-state index contributed by atoms with van der Waals surface area (Å²) in [5.41, 5.74) is 0. The van der Waals surface area contributed by atoms with E-state index in [1.54, 1.807) is 6.08 Å². The molecule has 0 amide bonds. The molecule has 0 aliphatic heterocycles. The van der Waals surface area contributed by atoms with E-state index in [1.165, 1.54) is 10.4 Å². The van der Waals surface area contributed by atoms with Gasteiger partial charge in [0.15, 0.2) is 0 Å². The van der Waals surface area contributed by atoms with Crippen LogP contribution in [0.25, 0.3) is 12.2 Å². The van der Waals surface area contributed by atoms with Crippen LogP contribution in [0.15, 0.2) is 49.1 Å². The quantitative estimate of drug-likeness (QED) is 0.630. The number of hydrogen-bond acceptors (Lipinski definition) is 0. The van der Waals surface area contributed by atoms with Crippen molar-refractivity contribution in [1.82, 2.24) is 0 Å². The molecule has 0 aliphatic carbocycles. The molecule has 1 rings (SSSR count). The highest BCUT2D eigenvalue weighted by Crippen LogP contribution is 1.82. The van der Waals surface area contributed by atoms with Crippen molar-refractivity contribution in [2.45, 2.75) is 6.92 Å². The predicted molar refractivity (Wildman–Crippen MR) is 63.9 cm³/mol. The van der Waals surface area contributed by atoms with Gasteiger partial charge in [-0.05, 0) is 17.4 Å². The summed E-state index contributed by atoms with van der Waals surface area (Å²) in [5.74, 6) is 0. The van der Waals surface area contributed by atoms with Gasteiger partial charge in [-0.3, -0.25) is 0 Å². The Bertz CT molecular complexity index is 422. The van der Waals surface area contributed by atoms with Crippen molar-refractivity contribution < 1.29 is 0 Å². The molecule has 0 heterocycles. The Morgan fingerprint density at radius 2 is 1.79 bits per heavy atom. The van der Waals surface area contributed by atoms with Crippen molar-refractivity contribution in [3.8, 4) is 0 Å². The molecule has 0 saturated carbocycles. The topological polar surface area (TPSA) is 0 Å². The smallest absolute Gasteiger partial charge is 0.00569 e. The summed E-state index contributed by atoms with van der Waals surface area (Å²) in [4.78, 5) is 0. The molecule has 0 unspecified atom stereocenters. The second-order valence-electron chi connectivity index (χ2n) is 2.90. The Balaban J connectivity index is 2.95. The normalized spacial score (nSPS) is 13.8. The lowest BCUT2D eigenvalue weighted by atomic mass is 10.2. The zero-order chi connectivity index (χ0) is 10.2. The molecule has 0 nitrogen and oxygen atoms in total. The van der Waals surface area contributed by atoms with Crippen LogP contribution in [-0.2, 0) is 0 Å². The summed E-state index contributed by atoms with van der Waals surface area (Å²) in [6.07, 6.45) is 11.9. The molecule has 1 aromatic carbocycles. The molecule has 0 bridgehead atoms. The van der Waals surface area contributed by atoms with Crippen LogP contribution in [0.1, 0.15) is 6.92 Å². The van der Waals surface area contributed by atoms with Gasteiger partial charge in [-0.2, -0.15) is 0 Å². The molecule has 0 saturated heterocycles. The second kappa shape index (κ2) is 5.98. The Labute approximate surface area is 85.6 Å². The third-order valence-corrected chi connectivity index (χ3v) is 1.94. The van der Waals surface area contributed by atoms with Crippen molar-refractivity contribution in [3.05, 3.63) is 65.9 Å². The largest absolute Gasteiger partial charge is 0.0991 e. The summed E-state index contributed by atoms with van der Waals surface area (Å²) in [6, 6.07) is 8.31. The minimum atomic E-state index is 1.24. The lowest BCUT2D eigenvalue weighted by Crippen LogP contribution is -2.22. The molecule has 1 aromatic rings. The minimum Gasteiger partial charge on any atom is -0.0991 e. The molecular weight excluding hydrogens is 168 g/mol. The van der Waals surface area contributed by atoms with Gasteiger partial charge in [-0.1, -0.05) is 61.2 Å². The summed E-state index contributed by atoms with van der Waals surface area (Å²) in [7, 11) is 0. The van der Waals surface area contributed by atoms with E-state index in [0.29, 0.717) is 0 Å². The highest BCUT2D eigenvalue weighted by Gasteiger charge is 1.80. The van der Waals surface area contributed by atoms with E-state index < -0.39 is 0 Å². The zero-order valence-electron chi connectivity index (χ0n) is 8.48. The molecule has 0 atom stereocenters. The first-order valence-electron chi connectivity index (χ1n) is 4.72. The van der Waals surface area contributed by atoms with Crippen LogP contribution >= 0.6 is 0 Å². The Hall–Kier alpha value is -1.56. The van der Waals surface area contributed by atoms with Crippen molar-refractivity contribution >= 4 is 12.2 Å². The Kier molecular flexibility index (Phi) is 4.49. The van der Waals surface area contributed by atoms with E-state index in [9.17, 15) is 0 Å². The van der Waals surface area contributed by atoms with Crippen LogP contribution < -0.4 is 10.4 Å². The van der Waals surface area contributed by atoms with Gasteiger partial charge < -0.3 is 0 Å². The Morgan fingerprint density at radius 3 is 2.43 bits per heavy atom. The van der Waals surface area contributed by atoms with E-state index in [-0.39, 0.29) is 0 Å². The number of rotatable bonds is 3. The van der Waals surface area contributed by atoms with E-state index in [4.69, 9.17) is 0 Å². The third-order valence-electron chi connectivity index (χ3n) is 1.94. The zero-order valence-corrected chi connectivity index (χ0v) is 8.48. The molecule has 0 fully saturated rings. The van der Waals surface area contributed by atoms with Crippen molar-refractivity contribution in [2.75, 3.05) is 0 Å². The van der Waals surface area contributed by atoms with Crippen LogP contribution in [0.4, 0.5) is 0 Å². The highest BCUT2D eigenvalue weighted by molar-refractivity contribution is 5.40. The molecular formula is C14H15. The molecule has 0 aromatic heterocycles. The van der Waals surface area contributed by atoms with E-state index in [2.05, 4.69) is 30.9 Å². The monoisotopic (exact) mass is 183 g/mol. The van der Waals surface area contributed by atoms with Crippen molar-refractivity contribution in [1.29, 1.82) is 0 Å². The number of allylic oxidation sites excluding steroid dienone is 3. The summed E-state index contributed by atoms with van der Waals surface area (Å²) < 4.78 is 0. The first-order chi connectivity index (χ1) is 6.88. The average molecular weight is 183 g/mol. The highest BCUT2D eigenvalue weighted by atomic mass is 13.9. The van der Waals surface area contributed by atoms with Crippen LogP contribution in [0.2, 0.25) is 0 Å². The fourth-order valence-corrected chi connectivity index (χ4v) is 1.23. The van der Waals surface area contributed by atoms with Gasteiger partial charge in [0, 0.05) is 6.42 Å². The third kappa shape index (κ3) is 3.06. The Morgan fingerprint density at radius 1 is 1.07 bits per heavy atom. The fourth-order valence-electron chi connectivity index (χ4n) is 1.23. The predicted octanol–water partition coefficient (Wildman–Crippen LogP) is 2.21. The molecule has 0 aliphatic rings. The van der Waals surface area contributed by atoms with E-state index >= 15 is 0 Å². The van der Waals surface area contributed by atoms with Gasteiger partial charge in [0.05, 0.1) is 0 Å². The standard InChI is InChI=1S/C14H15/c1-3-5-6-7-11-14-12-9-8-10-13(14)4-2/h3-12H,1H2,2H3/b6-5-,13-4+,14-11?. The van der Waals surface area contributed by atoms with Gasteiger partial charge in [-0.15, -0.1) is 0 Å². The average Bonchev–Trinajstić information content (AvgIpc) is 2.25. The first-order valence-corrected chi connectivity index (χ1v) is 4.72. The molecule has 0 spiro atoms. The van der Waals surface area contributed by atoms with Gasteiger partial charge in [-0.25, -0.2) is 0 Å². The summed E-state index contributed by atoms with van der Waals surface area (Å²) in [5, 5.41) is 2.50. The van der Waals surface area contributed by atoms with Crippen LogP contribution in [0.5, 0.6) is 0 Å². The van der Waals surface area contributed by atoms with Gasteiger partial charge >= 0.3 is 0 Å². The van der Waals surface area contributed by atoms with E-state index in [0.717, 1.165) is 0 Å². The summed E-state index contributed by atoms with van der Waals surface area (Å²) >= 11 is 0. The SMILES string of the molecule is C=C/C=C\[CH]C=c1cccc/c1=C\C.